The highest BCUT2D eigenvalue weighted by Crippen LogP contribution is 2.12. The van der Waals surface area contributed by atoms with Gasteiger partial charge in [0, 0.05) is 6.42 Å². The number of allylic oxidation sites excluding steroid dienone is 7. The van der Waals surface area contributed by atoms with Crippen molar-refractivity contribution < 1.29 is 25.2 Å². The van der Waals surface area contributed by atoms with Crippen LogP contribution in [0.1, 0.15) is 162 Å². The van der Waals surface area contributed by atoms with E-state index < -0.39 is 36.9 Å². The summed E-state index contributed by atoms with van der Waals surface area (Å²) >= 11 is 0. The maximum absolute atomic E-state index is 12.4. The number of carbonyl (C=O) groups is 1. The molecule has 0 rings (SSSR count). The van der Waals surface area contributed by atoms with Crippen LogP contribution in [0.15, 0.2) is 48.6 Å². The van der Waals surface area contributed by atoms with Gasteiger partial charge in [-0.2, -0.15) is 0 Å². The number of aliphatic hydroxyl groups is 4. The van der Waals surface area contributed by atoms with Crippen LogP contribution in [0.5, 0.6) is 0 Å². The van der Waals surface area contributed by atoms with Crippen molar-refractivity contribution >= 4 is 5.91 Å². The summed E-state index contributed by atoms with van der Waals surface area (Å²) in [7, 11) is 0. The molecule has 6 heteroatoms. The number of nitrogens with one attached hydrogen (secondary N) is 1. The van der Waals surface area contributed by atoms with Crippen LogP contribution >= 0.6 is 0 Å². The number of hydrogen-bond donors (Lipinski definition) is 5. The number of rotatable bonds is 32. The van der Waals surface area contributed by atoms with E-state index in [9.17, 15) is 25.2 Å². The lowest BCUT2D eigenvalue weighted by atomic mass is 10.0. The molecule has 0 aromatic rings. The number of amides is 1. The average Bonchev–Trinajstić information content (AvgIpc) is 3.04. The van der Waals surface area contributed by atoms with Crippen LogP contribution in [0.25, 0.3) is 0 Å². The molecule has 5 N–H and O–H groups in total. The van der Waals surface area contributed by atoms with Gasteiger partial charge in [0.1, 0.15) is 12.2 Å². The fourth-order valence-corrected chi connectivity index (χ4v) is 5.23. The minimum Gasteiger partial charge on any atom is -0.394 e. The second-order valence-electron chi connectivity index (χ2n) is 12.6. The van der Waals surface area contributed by atoms with Gasteiger partial charge in [0.15, 0.2) is 0 Å². The van der Waals surface area contributed by atoms with Gasteiger partial charge >= 0.3 is 0 Å². The molecule has 1 amide bonds. The van der Waals surface area contributed by atoms with Gasteiger partial charge in [0.2, 0.25) is 5.91 Å². The van der Waals surface area contributed by atoms with Crippen molar-refractivity contribution in [3.63, 3.8) is 0 Å². The van der Waals surface area contributed by atoms with Crippen LogP contribution in [0, 0.1) is 0 Å². The highest BCUT2D eigenvalue weighted by molar-refractivity contribution is 5.81. The maximum atomic E-state index is 12.4. The number of aliphatic hydroxyl groups excluding tert-OH is 4. The first-order valence-corrected chi connectivity index (χ1v) is 18.5. The van der Waals surface area contributed by atoms with Crippen molar-refractivity contribution in [1.82, 2.24) is 5.32 Å². The minimum atomic E-state index is -1.31. The third kappa shape index (κ3) is 28.2. The Morgan fingerprint density at radius 3 is 1.56 bits per heavy atom. The molecule has 6 nitrogen and oxygen atoms in total. The Kier molecular flexibility index (Phi) is 32.3. The smallest absolute Gasteiger partial charge is 0.249 e. The van der Waals surface area contributed by atoms with E-state index in [4.69, 9.17) is 0 Å². The highest BCUT2D eigenvalue weighted by Gasteiger charge is 2.28. The molecular weight excluding hydrogens is 562 g/mol. The van der Waals surface area contributed by atoms with Crippen molar-refractivity contribution in [1.29, 1.82) is 0 Å². The van der Waals surface area contributed by atoms with Crippen molar-refractivity contribution in [3.05, 3.63) is 48.6 Å². The zero-order valence-corrected chi connectivity index (χ0v) is 29.1. The summed E-state index contributed by atoms with van der Waals surface area (Å²) in [6.07, 6.45) is 38.7. The standard InChI is InChI=1S/C39H71NO5/c1-3-5-7-9-11-13-15-17-18-19-20-21-23-24-26-28-30-32-36(42)38(44)35(34-41)40-39(45)37(43)33-31-29-27-25-22-16-14-12-10-8-6-4-2/h19-20,22,24-26,29,31,35-38,41-44H,3-18,21,23,27-28,30,32-34H2,1-2H3,(H,40,45)/b20-19+,25-22-,26-24+,31-29-. The summed E-state index contributed by atoms with van der Waals surface area (Å²) < 4.78 is 0. The molecule has 0 heterocycles. The molecular formula is C39H71NO5. The van der Waals surface area contributed by atoms with Gasteiger partial charge in [-0.15, -0.1) is 0 Å². The number of hydrogen-bond acceptors (Lipinski definition) is 5. The lowest BCUT2D eigenvalue weighted by Crippen LogP contribution is -2.52. The van der Waals surface area contributed by atoms with Crippen LogP contribution in [0.4, 0.5) is 0 Å². The number of carbonyl (C=O) groups excluding carboxylic acids is 1. The summed E-state index contributed by atoms with van der Waals surface area (Å²) in [6.45, 7) is 3.96. The lowest BCUT2D eigenvalue weighted by molar-refractivity contribution is -0.132. The Morgan fingerprint density at radius 1 is 0.578 bits per heavy atom. The van der Waals surface area contributed by atoms with Crippen LogP contribution in [0.3, 0.4) is 0 Å². The highest BCUT2D eigenvalue weighted by atomic mass is 16.3. The molecule has 262 valence electrons. The van der Waals surface area contributed by atoms with Gasteiger partial charge in [0.25, 0.3) is 0 Å². The Bertz CT molecular complexity index is 763. The topological polar surface area (TPSA) is 110 Å². The molecule has 0 saturated heterocycles. The van der Waals surface area contributed by atoms with E-state index in [0.29, 0.717) is 12.8 Å². The third-order valence-corrected chi connectivity index (χ3v) is 8.25. The fraction of sp³-hybridized carbons (Fsp3) is 0.769. The minimum absolute atomic E-state index is 0.148. The van der Waals surface area contributed by atoms with Gasteiger partial charge in [-0.25, -0.2) is 0 Å². The van der Waals surface area contributed by atoms with Crippen LogP contribution in [-0.2, 0) is 4.79 Å². The van der Waals surface area contributed by atoms with Gasteiger partial charge in [-0.3, -0.25) is 4.79 Å². The second kappa shape index (κ2) is 33.6. The van der Waals surface area contributed by atoms with Crippen LogP contribution in [0.2, 0.25) is 0 Å². The van der Waals surface area contributed by atoms with Gasteiger partial charge in [0.05, 0.1) is 18.8 Å². The number of unbranched alkanes of at least 4 members (excludes halogenated alkanes) is 16. The summed E-state index contributed by atoms with van der Waals surface area (Å²) in [5.41, 5.74) is 0. The largest absolute Gasteiger partial charge is 0.394 e. The monoisotopic (exact) mass is 634 g/mol. The van der Waals surface area contributed by atoms with Gasteiger partial charge < -0.3 is 25.7 Å². The zero-order valence-electron chi connectivity index (χ0n) is 29.1. The van der Waals surface area contributed by atoms with Crippen LogP contribution in [-0.4, -0.2) is 57.3 Å². The molecule has 4 unspecified atom stereocenters. The molecule has 4 atom stereocenters. The summed E-state index contributed by atoms with van der Waals surface area (Å²) in [5.74, 6) is -0.668. The van der Waals surface area contributed by atoms with E-state index in [0.717, 1.165) is 32.1 Å². The van der Waals surface area contributed by atoms with E-state index in [1.54, 1.807) is 6.08 Å². The molecule has 0 fully saturated rings. The Hall–Kier alpha value is -1.73. The molecule has 0 aromatic heterocycles. The predicted molar refractivity (Wildman–Crippen MR) is 191 cm³/mol. The first kappa shape index (κ1) is 43.3. The Labute approximate surface area is 277 Å². The van der Waals surface area contributed by atoms with Crippen molar-refractivity contribution in [2.24, 2.45) is 0 Å². The SMILES string of the molecule is CCCCCCCC/C=C\C/C=C\CC(O)C(=O)NC(CO)C(O)C(O)CCC/C=C/CC/C=C/CCCCCCCCCC. The zero-order chi connectivity index (χ0) is 33.2. The molecule has 45 heavy (non-hydrogen) atoms. The molecule has 0 saturated carbocycles. The van der Waals surface area contributed by atoms with E-state index in [2.05, 4.69) is 55.6 Å². The second-order valence-corrected chi connectivity index (χ2v) is 12.6. The third-order valence-electron chi connectivity index (χ3n) is 8.25. The van der Waals surface area contributed by atoms with E-state index in [1.807, 2.05) is 6.08 Å². The quantitative estimate of drug-likeness (QED) is 0.0376. The Morgan fingerprint density at radius 2 is 1.02 bits per heavy atom. The first-order valence-electron chi connectivity index (χ1n) is 18.5. The maximum Gasteiger partial charge on any atom is 0.249 e. The van der Waals surface area contributed by atoms with E-state index in [-0.39, 0.29) is 6.42 Å². The molecule has 0 aliphatic heterocycles. The fourth-order valence-electron chi connectivity index (χ4n) is 5.23. The first-order chi connectivity index (χ1) is 22.0. The van der Waals surface area contributed by atoms with Crippen LogP contribution < -0.4 is 5.32 Å². The summed E-state index contributed by atoms with van der Waals surface area (Å²) in [4.78, 5) is 12.4. The average molecular weight is 634 g/mol. The Balaban J connectivity index is 3.99. The van der Waals surface area contributed by atoms with Crippen molar-refractivity contribution in [3.8, 4) is 0 Å². The summed E-state index contributed by atoms with van der Waals surface area (Å²) in [5, 5.41) is 43.2. The van der Waals surface area contributed by atoms with Crippen molar-refractivity contribution in [2.45, 2.75) is 186 Å². The molecule has 0 radical (unpaired) electrons. The molecule has 0 bridgehead atoms. The van der Waals surface area contributed by atoms with E-state index in [1.165, 1.54) is 96.3 Å². The predicted octanol–water partition coefficient (Wildman–Crippen LogP) is 8.78. The van der Waals surface area contributed by atoms with Gasteiger partial charge in [-0.1, -0.05) is 140 Å². The van der Waals surface area contributed by atoms with Gasteiger partial charge in [-0.05, 0) is 64.2 Å². The lowest BCUT2D eigenvalue weighted by Gasteiger charge is -2.27. The molecule has 0 aromatic carbocycles. The molecule has 0 spiro atoms. The van der Waals surface area contributed by atoms with E-state index >= 15 is 0 Å². The molecule has 0 aliphatic carbocycles. The summed E-state index contributed by atoms with van der Waals surface area (Å²) in [6, 6.07) is -1.04. The van der Waals surface area contributed by atoms with Crippen molar-refractivity contribution in [2.75, 3.05) is 6.61 Å². The normalized spacial score (nSPS) is 15.1. The molecule has 0 aliphatic rings.